The molecule has 1 fully saturated rings. The van der Waals surface area contributed by atoms with Gasteiger partial charge in [0.15, 0.2) is 0 Å². The van der Waals surface area contributed by atoms with E-state index in [1.807, 2.05) is 11.0 Å². The second kappa shape index (κ2) is 8.32. The number of hydrogen-bond acceptors (Lipinski definition) is 8. The Morgan fingerprint density at radius 1 is 1.44 bits per heavy atom. The number of piperidine rings is 1. The number of esters is 1. The zero-order valence-corrected chi connectivity index (χ0v) is 15.9. The average Bonchev–Trinajstić information content (AvgIpc) is 2.60. The highest BCUT2D eigenvalue weighted by Gasteiger charge is 2.29. The molecule has 0 radical (unpaired) electrons. The Morgan fingerprint density at radius 3 is 2.59 bits per heavy atom. The standard InChI is InChI=1S/C16H21N5O5S/c1-3-26-16(23)13-8-12(9-17)14(19-10(13)2)21-6-4-11(5-7-21)15(22)20-27(18,24)25/h8,11H,3-7H2,1-2H3,(H,20,22)(H2,18,24,25). The molecule has 1 aliphatic rings. The first kappa shape index (κ1) is 20.6. The molecule has 2 heterocycles. The highest BCUT2D eigenvalue weighted by molar-refractivity contribution is 7.87. The molecule has 0 atom stereocenters. The predicted octanol–water partition coefficient (Wildman–Crippen LogP) is -0.0255. The summed E-state index contributed by atoms with van der Waals surface area (Å²) >= 11 is 0. The van der Waals surface area contributed by atoms with E-state index in [0.29, 0.717) is 37.4 Å². The van der Waals surface area contributed by atoms with Crippen LogP contribution in [-0.4, -0.2) is 45.0 Å². The van der Waals surface area contributed by atoms with E-state index in [2.05, 4.69) is 4.98 Å². The van der Waals surface area contributed by atoms with Crippen molar-refractivity contribution in [3.05, 3.63) is 22.9 Å². The molecule has 0 saturated carbocycles. The van der Waals surface area contributed by atoms with Gasteiger partial charge in [0.2, 0.25) is 5.91 Å². The maximum Gasteiger partial charge on any atom is 0.340 e. The van der Waals surface area contributed by atoms with Crippen molar-refractivity contribution in [2.24, 2.45) is 11.1 Å². The lowest BCUT2D eigenvalue weighted by atomic mass is 9.96. The van der Waals surface area contributed by atoms with Gasteiger partial charge in [-0.2, -0.15) is 13.7 Å². The predicted molar refractivity (Wildman–Crippen MR) is 95.8 cm³/mol. The topological polar surface area (TPSA) is 155 Å². The number of aromatic nitrogens is 1. The van der Waals surface area contributed by atoms with Crippen LogP contribution >= 0.6 is 0 Å². The number of nitrogens with two attached hydrogens (primary N) is 1. The number of pyridine rings is 1. The van der Waals surface area contributed by atoms with E-state index in [0.717, 1.165) is 0 Å². The zero-order valence-electron chi connectivity index (χ0n) is 15.1. The van der Waals surface area contributed by atoms with Gasteiger partial charge in [-0.1, -0.05) is 0 Å². The fourth-order valence-corrected chi connectivity index (χ4v) is 3.36. The van der Waals surface area contributed by atoms with Crippen LogP contribution in [0.25, 0.3) is 0 Å². The summed E-state index contributed by atoms with van der Waals surface area (Å²) in [5.74, 6) is -1.25. The Morgan fingerprint density at radius 2 is 2.07 bits per heavy atom. The summed E-state index contributed by atoms with van der Waals surface area (Å²) in [6.07, 6.45) is 0.763. The quantitative estimate of drug-likeness (QED) is 0.659. The Balaban J connectivity index is 2.16. The molecule has 11 heteroatoms. The van der Waals surface area contributed by atoms with Crippen LogP contribution < -0.4 is 14.8 Å². The Hall–Kier alpha value is -2.71. The second-order valence-corrected chi connectivity index (χ2v) is 7.39. The van der Waals surface area contributed by atoms with Crippen LogP contribution in [0.1, 0.15) is 41.4 Å². The van der Waals surface area contributed by atoms with E-state index in [-0.39, 0.29) is 17.7 Å². The van der Waals surface area contributed by atoms with Gasteiger partial charge in [-0.05, 0) is 32.8 Å². The third kappa shape index (κ3) is 5.15. The summed E-state index contributed by atoms with van der Waals surface area (Å²) in [6, 6.07) is 3.49. The van der Waals surface area contributed by atoms with E-state index in [9.17, 15) is 23.3 Å². The molecule has 0 bridgehead atoms. The van der Waals surface area contributed by atoms with Crippen LogP contribution in [0.5, 0.6) is 0 Å². The van der Waals surface area contributed by atoms with Crippen molar-refractivity contribution in [1.82, 2.24) is 9.71 Å². The molecule has 27 heavy (non-hydrogen) atoms. The first-order valence-electron chi connectivity index (χ1n) is 8.34. The number of ether oxygens (including phenoxy) is 1. The number of carbonyl (C=O) groups excluding carboxylic acids is 2. The molecule has 1 aliphatic heterocycles. The van der Waals surface area contributed by atoms with Gasteiger partial charge in [-0.3, -0.25) is 4.79 Å². The normalized spacial score (nSPS) is 15.1. The number of rotatable bonds is 5. The molecule has 10 nitrogen and oxygen atoms in total. The summed E-state index contributed by atoms with van der Waals surface area (Å²) in [5, 5.41) is 14.3. The van der Waals surface area contributed by atoms with Gasteiger partial charge in [-0.25, -0.2) is 19.6 Å². The molecule has 1 aromatic rings. The molecule has 3 N–H and O–H groups in total. The molecular weight excluding hydrogens is 374 g/mol. The fraction of sp³-hybridized carbons (Fsp3) is 0.500. The third-order valence-corrected chi connectivity index (χ3v) is 4.70. The molecule has 1 amide bonds. The second-order valence-electron chi connectivity index (χ2n) is 6.10. The lowest BCUT2D eigenvalue weighted by Gasteiger charge is -2.32. The molecule has 2 rings (SSSR count). The average molecular weight is 395 g/mol. The zero-order chi connectivity index (χ0) is 20.2. The minimum Gasteiger partial charge on any atom is -0.462 e. The molecule has 0 unspecified atom stereocenters. The van der Waals surface area contributed by atoms with Crippen molar-refractivity contribution in [1.29, 1.82) is 5.26 Å². The Bertz CT molecular complexity index is 885. The van der Waals surface area contributed by atoms with Gasteiger partial charge in [-0.15, -0.1) is 0 Å². The monoisotopic (exact) mass is 395 g/mol. The van der Waals surface area contributed by atoms with Crippen LogP contribution in [-0.2, 0) is 19.7 Å². The van der Waals surface area contributed by atoms with Crippen LogP contribution in [0.2, 0.25) is 0 Å². The van der Waals surface area contributed by atoms with Crippen molar-refractivity contribution >= 4 is 27.9 Å². The van der Waals surface area contributed by atoms with Gasteiger partial charge in [0, 0.05) is 19.0 Å². The van der Waals surface area contributed by atoms with Crippen molar-refractivity contribution in [3.63, 3.8) is 0 Å². The van der Waals surface area contributed by atoms with E-state index in [4.69, 9.17) is 9.88 Å². The molecule has 0 spiro atoms. The van der Waals surface area contributed by atoms with Crippen molar-refractivity contribution in [2.75, 3.05) is 24.6 Å². The van der Waals surface area contributed by atoms with Crippen molar-refractivity contribution < 1.29 is 22.7 Å². The number of amides is 1. The van der Waals surface area contributed by atoms with Gasteiger partial charge >= 0.3 is 5.97 Å². The third-order valence-electron chi connectivity index (χ3n) is 4.22. The number of anilines is 1. The highest BCUT2D eigenvalue weighted by Crippen LogP contribution is 2.26. The molecule has 0 aromatic carbocycles. The number of nitrogens with zero attached hydrogens (tertiary/aromatic N) is 3. The molecule has 0 aliphatic carbocycles. The smallest absolute Gasteiger partial charge is 0.340 e. The van der Waals surface area contributed by atoms with E-state index < -0.39 is 28.0 Å². The number of carbonyl (C=O) groups is 2. The number of nitrogens with one attached hydrogen (secondary N) is 1. The van der Waals surface area contributed by atoms with Crippen LogP contribution in [0, 0.1) is 24.2 Å². The van der Waals surface area contributed by atoms with E-state index in [1.54, 1.807) is 18.6 Å². The van der Waals surface area contributed by atoms with Crippen LogP contribution in [0.15, 0.2) is 6.07 Å². The summed E-state index contributed by atoms with van der Waals surface area (Å²) in [5.41, 5.74) is 0.909. The lowest BCUT2D eigenvalue weighted by Crippen LogP contribution is -2.44. The van der Waals surface area contributed by atoms with Crippen molar-refractivity contribution in [2.45, 2.75) is 26.7 Å². The van der Waals surface area contributed by atoms with Crippen LogP contribution in [0.3, 0.4) is 0 Å². The lowest BCUT2D eigenvalue weighted by molar-refractivity contribution is -0.123. The summed E-state index contributed by atoms with van der Waals surface area (Å²) in [4.78, 5) is 30.1. The van der Waals surface area contributed by atoms with E-state index >= 15 is 0 Å². The first-order valence-corrected chi connectivity index (χ1v) is 9.89. The minimum atomic E-state index is -4.08. The number of aryl methyl sites for hydroxylation is 1. The van der Waals surface area contributed by atoms with Crippen molar-refractivity contribution in [3.8, 4) is 6.07 Å². The van der Waals surface area contributed by atoms with E-state index in [1.165, 1.54) is 6.07 Å². The fourth-order valence-electron chi connectivity index (χ4n) is 2.91. The SMILES string of the molecule is CCOC(=O)c1cc(C#N)c(N2CCC(C(=O)NS(N)(=O)=O)CC2)nc1C. The van der Waals surface area contributed by atoms with Gasteiger partial charge in [0.05, 0.1) is 23.4 Å². The summed E-state index contributed by atoms with van der Waals surface area (Å²) in [6.45, 7) is 4.38. The highest BCUT2D eigenvalue weighted by atomic mass is 32.2. The number of nitriles is 1. The Kier molecular flexibility index (Phi) is 6.35. The molecule has 146 valence electrons. The summed E-state index contributed by atoms with van der Waals surface area (Å²) < 4.78 is 28.7. The first-order chi connectivity index (χ1) is 12.7. The molecule has 1 aromatic heterocycles. The molecular formula is C16H21N5O5S. The summed E-state index contributed by atoms with van der Waals surface area (Å²) in [7, 11) is -4.08. The van der Waals surface area contributed by atoms with Gasteiger partial charge < -0.3 is 9.64 Å². The van der Waals surface area contributed by atoms with Gasteiger partial charge in [0.25, 0.3) is 10.2 Å². The molecule has 1 saturated heterocycles. The van der Waals surface area contributed by atoms with Gasteiger partial charge in [0.1, 0.15) is 11.9 Å². The Labute approximate surface area is 157 Å². The largest absolute Gasteiger partial charge is 0.462 e. The minimum absolute atomic E-state index is 0.218. The maximum absolute atomic E-state index is 12.0. The van der Waals surface area contributed by atoms with Crippen LogP contribution in [0.4, 0.5) is 5.82 Å². The maximum atomic E-state index is 12.0. The number of hydrogen-bond donors (Lipinski definition) is 2.